The first kappa shape index (κ1) is 16.2. The van der Waals surface area contributed by atoms with Gasteiger partial charge >= 0.3 is 0 Å². The van der Waals surface area contributed by atoms with E-state index in [4.69, 9.17) is 0 Å². The molecule has 0 N–H and O–H groups in total. The Morgan fingerprint density at radius 1 is 1.00 bits per heavy atom. The lowest BCUT2D eigenvalue weighted by Crippen LogP contribution is -2.33. The Morgan fingerprint density at radius 3 is 2.57 bits per heavy atom. The second-order valence-corrected chi connectivity index (χ2v) is 6.91. The van der Waals surface area contributed by atoms with Gasteiger partial charge in [0.2, 0.25) is 0 Å². The molecule has 0 radical (unpaired) electrons. The molecule has 0 saturated heterocycles. The maximum absolute atomic E-state index is 12.8. The van der Waals surface area contributed by atoms with Crippen molar-refractivity contribution in [3.8, 4) is 0 Å². The molecular formula is C19H18ClNOS. The summed E-state index contributed by atoms with van der Waals surface area (Å²) >= 11 is 1.79. The minimum atomic E-state index is 0. The van der Waals surface area contributed by atoms with Crippen LogP contribution in [0.2, 0.25) is 0 Å². The van der Waals surface area contributed by atoms with E-state index >= 15 is 0 Å². The molecule has 0 unspecified atom stereocenters. The van der Waals surface area contributed by atoms with Gasteiger partial charge in [0.05, 0.1) is 0 Å². The Bertz CT molecular complexity index is 875. The lowest BCUT2D eigenvalue weighted by Gasteiger charge is -2.28. The first-order valence-electron chi connectivity index (χ1n) is 7.61. The first-order valence-corrected chi connectivity index (χ1v) is 8.43. The highest BCUT2D eigenvalue weighted by Crippen LogP contribution is 2.27. The maximum atomic E-state index is 12.8. The lowest BCUT2D eigenvalue weighted by atomic mass is 10.1. The van der Waals surface area contributed by atoms with Crippen molar-refractivity contribution in [2.75, 3.05) is 6.54 Å². The van der Waals surface area contributed by atoms with Gasteiger partial charge in [0.15, 0.2) is 5.43 Å². The summed E-state index contributed by atoms with van der Waals surface area (Å²) in [6.07, 6.45) is 0.979. The van der Waals surface area contributed by atoms with Gasteiger partial charge in [-0.05, 0) is 24.1 Å². The standard InChI is InChI=1S/C19H17NOS.ClH/c21-19-15-8-4-5-9-17(15)22-18-10-11-20(13-16(18)19)12-14-6-2-1-3-7-14;/h1-9H,10-13H2;1H. The predicted octanol–water partition coefficient (Wildman–Crippen LogP) is 4.24. The zero-order valence-corrected chi connectivity index (χ0v) is 14.3. The van der Waals surface area contributed by atoms with Gasteiger partial charge in [-0.2, -0.15) is 0 Å². The van der Waals surface area contributed by atoms with Crippen molar-refractivity contribution in [1.82, 2.24) is 4.90 Å². The highest BCUT2D eigenvalue weighted by Gasteiger charge is 2.21. The molecule has 0 saturated carbocycles. The topological polar surface area (TPSA) is 20.3 Å². The number of hydrogen-bond donors (Lipinski definition) is 0. The molecule has 2 aromatic carbocycles. The van der Waals surface area contributed by atoms with E-state index in [1.165, 1.54) is 10.4 Å². The van der Waals surface area contributed by atoms with E-state index in [2.05, 4.69) is 35.2 Å². The predicted molar refractivity (Wildman–Crippen MR) is 99.6 cm³/mol. The van der Waals surface area contributed by atoms with E-state index in [0.717, 1.165) is 41.7 Å². The molecule has 3 aromatic rings. The molecule has 0 spiro atoms. The van der Waals surface area contributed by atoms with Crippen molar-refractivity contribution in [3.63, 3.8) is 0 Å². The Balaban J connectivity index is 0.00000156. The number of benzene rings is 2. The summed E-state index contributed by atoms with van der Waals surface area (Å²) in [5.41, 5.74) is 2.54. The zero-order chi connectivity index (χ0) is 14.9. The largest absolute Gasteiger partial charge is 0.294 e. The van der Waals surface area contributed by atoms with Gasteiger partial charge in [-0.3, -0.25) is 9.69 Å². The lowest BCUT2D eigenvalue weighted by molar-refractivity contribution is 0.246. The van der Waals surface area contributed by atoms with Crippen LogP contribution in [0.15, 0.2) is 59.4 Å². The second kappa shape index (κ2) is 6.83. The van der Waals surface area contributed by atoms with Gasteiger partial charge in [0.1, 0.15) is 0 Å². The van der Waals surface area contributed by atoms with Gasteiger partial charge in [-0.1, -0.05) is 42.5 Å². The van der Waals surface area contributed by atoms with E-state index in [1.807, 2.05) is 24.3 Å². The highest BCUT2D eigenvalue weighted by atomic mass is 35.5. The van der Waals surface area contributed by atoms with Crippen molar-refractivity contribution in [3.05, 3.63) is 80.8 Å². The Labute approximate surface area is 145 Å². The first-order chi connectivity index (χ1) is 10.8. The van der Waals surface area contributed by atoms with Crippen LogP contribution in [0.5, 0.6) is 0 Å². The van der Waals surface area contributed by atoms with E-state index < -0.39 is 0 Å². The van der Waals surface area contributed by atoms with Crippen molar-refractivity contribution in [1.29, 1.82) is 0 Å². The van der Waals surface area contributed by atoms with Crippen molar-refractivity contribution < 1.29 is 0 Å². The van der Waals surface area contributed by atoms with Gasteiger partial charge in [0, 0.05) is 40.2 Å². The Kier molecular flexibility index (Phi) is 4.81. The van der Waals surface area contributed by atoms with Crippen LogP contribution in [0.25, 0.3) is 10.1 Å². The molecule has 4 heteroatoms. The number of rotatable bonds is 2. The highest BCUT2D eigenvalue weighted by molar-refractivity contribution is 7.18. The van der Waals surface area contributed by atoms with Crippen LogP contribution in [-0.2, 0) is 19.5 Å². The minimum Gasteiger partial charge on any atom is -0.294 e. The fourth-order valence-corrected chi connectivity index (χ4v) is 4.28. The molecule has 2 nitrogen and oxygen atoms in total. The molecular weight excluding hydrogens is 326 g/mol. The summed E-state index contributed by atoms with van der Waals surface area (Å²) in [6.45, 7) is 2.71. The SMILES string of the molecule is Cl.O=c1c2c(sc3ccccc13)CCN(Cc1ccccc1)C2. The van der Waals surface area contributed by atoms with Crippen LogP contribution in [0.3, 0.4) is 0 Å². The molecule has 1 aliphatic heterocycles. The number of nitrogens with zero attached hydrogens (tertiary/aromatic N) is 1. The third-order valence-corrected chi connectivity index (χ3v) is 5.53. The van der Waals surface area contributed by atoms with Gasteiger partial charge in [-0.25, -0.2) is 0 Å². The molecule has 0 aliphatic carbocycles. The average Bonchev–Trinajstić information content (AvgIpc) is 2.57. The number of hydrogen-bond acceptors (Lipinski definition) is 3. The quantitative estimate of drug-likeness (QED) is 0.693. The monoisotopic (exact) mass is 343 g/mol. The van der Waals surface area contributed by atoms with E-state index in [9.17, 15) is 4.79 Å². The van der Waals surface area contributed by atoms with E-state index in [-0.39, 0.29) is 17.8 Å². The molecule has 4 rings (SSSR count). The second-order valence-electron chi connectivity index (χ2n) is 5.78. The molecule has 0 fully saturated rings. The molecule has 0 atom stereocenters. The molecule has 0 amide bonds. The van der Waals surface area contributed by atoms with Gasteiger partial charge < -0.3 is 0 Å². The fraction of sp³-hybridized carbons (Fsp3) is 0.211. The number of halogens is 1. The van der Waals surface area contributed by atoms with Crippen LogP contribution >= 0.6 is 23.7 Å². The molecule has 118 valence electrons. The van der Waals surface area contributed by atoms with Gasteiger partial charge in [0.25, 0.3) is 0 Å². The van der Waals surface area contributed by atoms with Crippen molar-refractivity contribution in [2.45, 2.75) is 19.5 Å². The Hall–Kier alpha value is -1.68. The van der Waals surface area contributed by atoms with Crippen LogP contribution < -0.4 is 5.43 Å². The molecule has 1 aliphatic rings. The summed E-state index contributed by atoms with van der Waals surface area (Å²) in [5, 5.41) is 0.868. The van der Waals surface area contributed by atoms with Crippen LogP contribution in [0.1, 0.15) is 16.0 Å². The summed E-state index contributed by atoms with van der Waals surface area (Å²) in [4.78, 5) is 16.4. The number of fused-ring (bicyclic) bond motifs is 2. The summed E-state index contributed by atoms with van der Waals surface area (Å²) in [5.74, 6) is 0. The smallest absolute Gasteiger partial charge is 0.192 e. The van der Waals surface area contributed by atoms with Crippen LogP contribution in [0.4, 0.5) is 0 Å². The third-order valence-electron chi connectivity index (χ3n) is 4.26. The minimum absolute atomic E-state index is 0. The van der Waals surface area contributed by atoms with E-state index in [1.54, 1.807) is 11.3 Å². The summed E-state index contributed by atoms with van der Waals surface area (Å²) in [6, 6.07) is 18.4. The normalized spacial score (nSPS) is 14.3. The van der Waals surface area contributed by atoms with E-state index in [0.29, 0.717) is 0 Å². The average molecular weight is 344 g/mol. The Morgan fingerprint density at radius 2 is 1.74 bits per heavy atom. The van der Waals surface area contributed by atoms with Crippen LogP contribution in [-0.4, -0.2) is 11.4 Å². The fourth-order valence-electron chi connectivity index (χ4n) is 3.13. The summed E-state index contributed by atoms with van der Waals surface area (Å²) in [7, 11) is 0. The molecule has 1 aromatic heterocycles. The molecule has 0 bridgehead atoms. The van der Waals surface area contributed by atoms with Gasteiger partial charge in [-0.15, -0.1) is 23.7 Å². The van der Waals surface area contributed by atoms with Crippen molar-refractivity contribution >= 4 is 33.8 Å². The third kappa shape index (κ3) is 3.18. The zero-order valence-electron chi connectivity index (χ0n) is 12.7. The molecule has 2 heterocycles. The van der Waals surface area contributed by atoms with Crippen molar-refractivity contribution in [2.24, 2.45) is 0 Å². The molecule has 23 heavy (non-hydrogen) atoms. The van der Waals surface area contributed by atoms with Crippen LogP contribution in [0, 0.1) is 0 Å². The summed E-state index contributed by atoms with van der Waals surface area (Å²) < 4.78 is 1.11. The maximum Gasteiger partial charge on any atom is 0.192 e.